The van der Waals surface area contributed by atoms with Crippen molar-refractivity contribution in [3.8, 4) is 5.75 Å². The second-order valence-corrected chi connectivity index (χ2v) is 6.20. The Kier molecular flexibility index (Phi) is 5.55. The summed E-state index contributed by atoms with van der Waals surface area (Å²) in [6, 6.07) is 8.62. The summed E-state index contributed by atoms with van der Waals surface area (Å²) >= 11 is 0. The van der Waals surface area contributed by atoms with Crippen LogP contribution in [0.5, 0.6) is 5.75 Å². The summed E-state index contributed by atoms with van der Waals surface area (Å²) in [6.07, 6.45) is 2.08. The van der Waals surface area contributed by atoms with Crippen LogP contribution in [0.1, 0.15) is 25.5 Å². The minimum Gasteiger partial charge on any atom is -0.481 e. The maximum atomic E-state index is 13.3. The number of hydrogen-bond acceptors (Lipinski definition) is 4. The molecule has 1 aliphatic heterocycles. The molecule has 26 heavy (non-hydrogen) atoms. The SMILES string of the molecule is CC(Oc1cccc(F)c1)C(=O)N1CCCC1C(=O)NCc1ccco1. The highest BCUT2D eigenvalue weighted by Gasteiger charge is 2.36. The van der Waals surface area contributed by atoms with E-state index < -0.39 is 18.0 Å². The summed E-state index contributed by atoms with van der Waals surface area (Å²) in [6.45, 7) is 2.37. The summed E-state index contributed by atoms with van der Waals surface area (Å²) < 4.78 is 24.0. The number of furan rings is 1. The van der Waals surface area contributed by atoms with Crippen molar-refractivity contribution in [2.45, 2.75) is 38.5 Å². The molecule has 0 aliphatic carbocycles. The molecule has 1 aromatic carbocycles. The fraction of sp³-hybridized carbons (Fsp3) is 0.368. The van der Waals surface area contributed by atoms with Crippen molar-refractivity contribution < 1.29 is 23.1 Å². The zero-order chi connectivity index (χ0) is 18.5. The van der Waals surface area contributed by atoms with E-state index in [9.17, 15) is 14.0 Å². The van der Waals surface area contributed by atoms with Crippen molar-refractivity contribution in [1.29, 1.82) is 0 Å². The van der Waals surface area contributed by atoms with E-state index in [1.165, 1.54) is 23.1 Å². The Bertz CT molecular complexity index is 763. The minimum atomic E-state index is -0.810. The van der Waals surface area contributed by atoms with Crippen LogP contribution in [0.2, 0.25) is 0 Å². The number of halogens is 1. The lowest BCUT2D eigenvalue weighted by Crippen LogP contribution is -2.49. The van der Waals surface area contributed by atoms with Crippen LogP contribution in [-0.2, 0) is 16.1 Å². The summed E-state index contributed by atoms with van der Waals surface area (Å²) in [5, 5.41) is 2.79. The third-order valence-electron chi connectivity index (χ3n) is 4.31. The predicted molar refractivity (Wildman–Crippen MR) is 91.8 cm³/mol. The molecule has 1 saturated heterocycles. The van der Waals surface area contributed by atoms with Gasteiger partial charge in [-0.3, -0.25) is 9.59 Å². The van der Waals surface area contributed by atoms with Crippen LogP contribution >= 0.6 is 0 Å². The second kappa shape index (κ2) is 8.03. The minimum absolute atomic E-state index is 0.217. The molecule has 2 unspecified atom stereocenters. The number of hydrogen-bond donors (Lipinski definition) is 1. The Balaban J connectivity index is 1.59. The van der Waals surface area contributed by atoms with Gasteiger partial charge in [0.1, 0.15) is 23.4 Å². The van der Waals surface area contributed by atoms with Gasteiger partial charge in [-0.05, 0) is 44.0 Å². The summed E-state index contributed by atoms with van der Waals surface area (Å²) in [5.41, 5.74) is 0. The highest BCUT2D eigenvalue weighted by atomic mass is 19.1. The fourth-order valence-corrected chi connectivity index (χ4v) is 3.04. The first-order valence-electron chi connectivity index (χ1n) is 8.57. The molecule has 3 rings (SSSR count). The van der Waals surface area contributed by atoms with Crippen molar-refractivity contribution in [1.82, 2.24) is 10.2 Å². The number of carbonyl (C=O) groups excluding carboxylic acids is 2. The average Bonchev–Trinajstić information content (AvgIpc) is 3.30. The molecule has 1 aliphatic rings. The maximum Gasteiger partial charge on any atom is 0.264 e. The fourth-order valence-electron chi connectivity index (χ4n) is 3.04. The van der Waals surface area contributed by atoms with Gasteiger partial charge in [0.05, 0.1) is 12.8 Å². The van der Waals surface area contributed by atoms with Crippen molar-refractivity contribution in [2.24, 2.45) is 0 Å². The van der Waals surface area contributed by atoms with Crippen LogP contribution in [0.4, 0.5) is 4.39 Å². The Morgan fingerprint density at radius 2 is 2.23 bits per heavy atom. The number of nitrogens with zero attached hydrogens (tertiary/aromatic N) is 1. The van der Waals surface area contributed by atoms with Crippen molar-refractivity contribution in [3.63, 3.8) is 0 Å². The quantitative estimate of drug-likeness (QED) is 0.859. The summed E-state index contributed by atoms with van der Waals surface area (Å²) in [5.74, 6) is -0.00508. The first-order chi connectivity index (χ1) is 12.5. The number of nitrogens with one attached hydrogen (secondary N) is 1. The molecule has 2 heterocycles. The van der Waals surface area contributed by atoms with Gasteiger partial charge >= 0.3 is 0 Å². The van der Waals surface area contributed by atoms with Gasteiger partial charge in [0, 0.05) is 12.6 Å². The molecule has 0 saturated carbocycles. The standard InChI is InChI=1S/C19H21FN2O4/c1-13(26-15-6-2-5-14(20)11-15)19(24)22-9-3-8-17(22)18(23)21-12-16-7-4-10-25-16/h2,4-7,10-11,13,17H,3,8-9,12H2,1H3,(H,21,23). The van der Waals surface area contributed by atoms with E-state index in [1.807, 2.05) is 0 Å². The summed E-state index contributed by atoms with van der Waals surface area (Å²) in [7, 11) is 0. The van der Waals surface area contributed by atoms with Gasteiger partial charge in [0.2, 0.25) is 5.91 Å². The van der Waals surface area contributed by atoms with E-state index in [-0.39, 0.29) is 24.1 Å². The van der Waals surface area contributed by atoms with E-state index in [0.29, 0.717) is 18.7 Å². The van der Waals surface area contributed by atoms with E-state index in [1.54, 1.807) is 31.4 Å². The Morgan fingerprint density at radius 1 is 1.38 bits per heavy atom. The average molecular weight is 360 g/mol. The van der Waals surface area contributed by atoms with E-state index in [2.05, 4.69) is 5.32 Å². The van der Waals surface area contributed by atoms with E-state index in [4.69, 9.17) is 9.15 Å². The molecule has 2 atom stereocenters. The van der Waals surface area contributed by atoms with Gasteiger partial charge in [-0.2, -0.15) is 0 Å². The van der Waals surface area contributed by atoms with Gasteiger partial charge < -0.3 is 19.4 Å². The molecule has 0 radical (unpaired) electrons. The van der Waals surface area contributed by atoms with Crippen LogP contribution in [0, 0.1) is 5.82 Å². The lowest BCUT2D eigenvalue weighted by Gasteiger charge is -2.27. The van der Waals surface area contributed by atoms with Crippen LogP contribution in [0.15, 0.2) is 47.1 Å². The number of likely N-dealkylation sites (tertiary alicyclic amines) is 1. The molecule has 2 amide bonds. The number of carbonyl (C=O) groups is 2. The third kappa shape index (κ3) is 4.22. The Morgan fingerprint density at radius 3 is 2.96 bits per heavy atom. The van der Waals surface area contributed by atoms with Crippen molar-refractivity contribution >= 4 is 11.8 Å². The van der Waals surface area contributed by atoms with Gasteiger partial charge in [-0.1, -0.05) is 6.07 Å². The molecule has 1 N–H and O–H groups in total. The molecule has 7 heteroatoms. The van der Waals surface area contributed by atoms with Crippen molar-refractivity contribution in [2.75, 3.05) is 6.54 Å². The van der Waals surface area contributed by atoms with Gasteiger partial charge in [0.25, 0.3) is 5.91 Å². The number of ether oxygens (including phenoxy) is 1. The van der Waals surface area contributed by atoms with E-state index in [0.717, 1.165) is 6.42 Å². The molecule has 138 valence electrons. The number of amides is 2. The highest BCUT2D eigenvalue weighted by Crippen LogP contribution is 2.21. The first-order valence-corrected chi connectivity index (χ1v) is 8.57. The number of benzene rings is 1. The van der Waals surface area contributed by atoms with Crippen molar-refractivity contribution in [3.05, 3.63) is 54.2 Å². The number of rotatable bonds is 6. The van der Waals surface area contributed by atoms with Crippen LogP contribution < -0.4 is 10.1 Å². The molecule has 2 aromatic rings. The lowest BCUT2D eigenvalue weighted by atomic mass is 10.2. The molecular formula is C19H21FN2O4. The van der Waals surface area contributed by atoms with Gasteiger partial charge in [-0.25, -0.2) is 4.39 Å². The Hall–Kier alpha value is -2.83. The Labute approximate surface area is 150 Å². The zero-order valence-electron chi connectivity index (χ0n) is 14.5. The first kappa shape index (κ1) is 18.0. The van der Waals surface area contributed by atoms with Crippen LogP contribution in [0.25, 0.3) is 0 Å². The summed E-state index contributed by atoms with van der Waals surface area (Å²) in [4.78, 5) is 26.7. The second-order valence-electron chi connectivity index (χ2n) is 6.20. The van der Waals surface area contributed by atoms with Crippen LogP contribution in [0.3, 0.4) is 0 Å². The van der Waals surface area contributed by atoms with Gasteiger partial charge in [0.15, 0.2) is 6.10 Å². The third-order valence-corrected chi connectivity index (χ3v) is 4.31. The van der Waals surface area contributed by atoms with E-state index >= 15 is 0 Å². The lowest BCUT2D eigenvalue weighted by molar-refractivity contribution is -0.143. The molecule has 0 bridgehead atoms. The molecule has 1 aromatic heterocycles. The predicted octanol–water partition coefficient (Wildman–Crippen LogP) is 2.49. The smallest absolute Gasteiger partial charge is 0.264 e. The topological polar surface area (TPSA) is 71.8 Å². The maximum absolute atomic E-state index is 13.3. The molecule has 0 spiro atoms. The highest BCUT2D eigenvalue weighted by molar-refractivity contribution is 5.89. The molecule has 6 nitrogen and oxygen atoms in total. The zero-order valence-corrected chi connectivity index (χ0v) is 14.5. The molecular weight excluding hydrogens is 339 g/mol. The normalized spacial score (nSPS) is 17.8. The molecule has 1 fully saturated rings. The van der Waals surface area contributed by atoms with Crippen LogP contribution in [-0.4, -0.2) is 35.4 Å². The monoisotopic (exact) mass is 360 g/mol. The largest absolute Gasteiger partial charge is 0.481 e. The van der Waals surface area contributed by atoms with Gasteiger partial charge in [-0.15, -0.1) is 0 Å².